The summed E-state index contributed by atoms with van der Waals surface area (Å²) >= 11 is 1.34. The van der Waals surface area contributed by atoms with Crippen molar-refractivity contribution in [2.45, 2.75) is 0 Å². The van der Waals surface area contributed by atoms with Crippen LogP contribution in [0.15, 0.2) is 40.8 Å². The Morgan fingerprint density at radius 1 is 1.42 bits per heavy atom. The second-order valence-electron chi connectivity index (χ2n) is 4.04. The number of hydrogen-bond donors (Lipinski definition) is 1. The number of rotatable bonds is 3. The molecule has 0 aliphatic carbocycles. The first kappa shape index (κ1) is 11.8. The third kappa shape index (κ3) is 2.08. The standard InChI is InChI=1S/C14H11N3OS/c1-15-6-9-8-19-14(17-9)13(18)11-7-16-12-5-3-2-4-10(11)12/h2-8,16H,1H3/b15-6-. The fraction of sp³-hybridized carbons (Fsp3) is 0.0714. The van der Waals surface area contributed by atoms with Gasteiger partial charge in [0.15, 0.2) is 5.01 Å². The zero-order chi connectivity index (χ0) is 13.2. The van der Waals surface area contributed by atoms with Gasteiger partial charge >= 0.3 is 0 Å². The Labute approximate surface area is 113 Å². The Morgan fingerprint density at radius 2 is 2.26 bits per heavy atom. The van der Waals surface area contributed by atoms with Crippen LogP contribution in [-0.4, -0.2) is 29.0 Å². The van der Waals surface area contributed by atoms with Crippen LogP contribution >= 0.6 is 11.3 Å². The maximum Gasteiger partial charge on any atom is 0.223 e. The molecular weight excluding hydrogens is 258 g/mol. The van der Waals surface area contributed by atoms with Gasteiger partial charge in [-0.15, -0.1) is 11.3 Å². The second kappa shape index (κ2) is 4.78. The number of aliphatic imine (C=N–C) groups is 1. The first-order valence-electron chi connectivity index (χ1n) is 5.78. The van der Waals surface area contributed by atoms with E-state index in [9.17, 15) is 4.79 Å². The number of hydrogen-bond acceptors (Lipinski definition) is 4. The van der Waals surface area contributed by atoms with Crippen molar-refractivity contribution in [1.29, 1.82) is 0 Å². The van der Waals surface area contributed by atoms with Crippen LogP contribution in [0.4, 0.5) is 0 Å². The highest BCUT2D eigenvalue weighted by Gasteiger charge is 2.16. The summed E-state index contributed by atoms with van der Waals surface area (Å²) in [5.74, 6) is -0.0572. The number of aromatic nitrogens is 2. The van der Waals surface area contributed by atoms with Crippen LogP contribution in [0.1, 0.15) is 21.1 Å². The quantitative estimate of drug-likeness (QED) is 0.587. The number of ketones is 1. The van der Waals surface area contributed by atoms with Gasteiger partial charge < -0.3 is 4.98 Å². The zero-order valence-electron chi connectivity index (χ0n) is 10.3. The molecule has 0 saturated carbocycles. The zero-order valence-corrected chi connectivity index (χ0v) is 11.1. The minimum atomic E-state index is -0.0572. The molecule has 0 aliphatic heterocycles. The summed E-state index contributed by atoms with van der Waals surface area (Å²) in [6.45, 7) is 0. The second-order valence-corrected chi connectivity index (χ2v) is 4.90. The van der Waals surface area contributed by atoms with Crippen molar-refractivity contribution >= 4 is 34.2 Å². The highest BCUT2D eigenvalue weighted by Crippen LogP contribution is 2.22. The summed E-state index contributed by atoms with van der Waals surface area (Å²) in [6.07, 6.45) is 3.38. The molecule has 0 aliphatic rings. The molecule has 0 amide bonds. The fourth-order valence-electron chi connectivity index (χ4n) is 1.96. The van der Waals surface area contributed by atoms with E-state index in [-0.39, 0.29) is 5.78 Å². The summed E-state index contributed by atoms with van der Waals surface area (Å²) in [7, 11) is 1.68. The van der Waals surface area contributed by atoms with Gasteiger partial charge in [-0.25, -0.2) is 4.98 Å². The topological polar surface area (TPSA) is 58.1 Å². The van der Waals surface area contributed by atoms with Crippen molar-refractivity contribution < 1.29 is 4.79 Å². The molecule has 1 N–H and O–H groups in total. The monoisotopic (exact) mass is 269 g/mol. The van der Waals surface area contributed by atoms with Crippen molar-refractivity contribution in [1.82, 2.24) is 9.97 Å². The van der Waals surface area contributed by atoms with E-state index in [0.717, 1.165) is 16.6 Å². The number of H-pyrrole nitrogens is 1. The molecule has 0 fully saturated rings. The van der Waals surface area contributed by atoms with Gasteiger partial charge in [-0.3, -0.25) is 9.79 Å². The normalized spacial score (nSPS) is 11.4. The lowest BCUT2D eigenvalue weighted by Gasteiger charge is -1.94. The SMILES string of the molecule is C/N=C\c1csc(C(=O)c2c[nH]c3ccccc23)n1. The van der Waals surface area contributed by atoms with Crippen LogP contribution in [0.5, 0.6) is 0 Å². The van der Waals surface area contributed by atoms with Gasteiger partial charge in [0.1, 0.15) is 0 Å². The number of benzene rings is 1. The number of carbonyl (C=O) groups is 1. The molecule has 0 bridgehead atoms. The van der Waals surface area contributed by atoms with E-state index in [2.05, 4.69) is 15.0 Å². The predicted octanol–water partition coefficient (Wildman–Crippen LogP) is 2.90. The molecule has 5 heteroatoms. The van der Waals surface area contributed by atoms with Gasteiger partial charge in [0.25, 0.3) is 0 Å². The molecule has 4 nitrogen and oxygen atoms in total. The number of thiazole rings is 1. The van der Waals surface area contributed by atoms with Crippen molar-refractivity contribution in [2.24, 2.45) is 4.99 Å². The molecule has 2 heterocycles. The number of nitrogens with zero attached hydrogens (tertiary/aromatic N) is 2. The number of para-hydroxylation sites is 1. The van der Waals surface area contributed by atoms with E-state index in [0.29, 0.717) is 10.6 Å². The molecule has 3 rings (SSSR count). The molecule has 0 atom stereocenters. The van der Waals surface area contributed by atoms with Crippen LogP contribution in [0.3, 0.4) is 0 Å². The van der Waals surface area contributed by atoms with Gasteiger partial charge in [-0.2, -0.15) is 0 Å². The molecule has 3 aromatic rings. The first-order valence-corrected chi connectivity index (χ1v) is 6.66. The minimum Gasteiger partial charge on any atom is -0.360 e. The maximum absolute atomic E-state index is 12.4. The van der Waals surface area contributed by atoms with Gasteiger partial charge in [-0.1, -0.05) is 18.2 Å². The average Bonchev–Trinajstić information content (AvgIpc) is 3.05. The van der Waals surface area contributed by atoms with E-state index in [1.54, 1.807) is 19.5 Å². The van der Waals surface area contributed by atoms with Crippen LogP contribution in [0.2, 0.25) is 0 Å². The number of nitrogens with one attached hydrogen (secondary N) is 1. The van der Waals surface area contributed by atoms with E-state index < -0.39 is 0 Å². The Balaban J connectivity index is 2.03. The molecule has 0 radical (unpaired) electrons. The third-order valence-electron chi connectivity index (χ3n) is 2.81. The lowest BCUT2D eigenvalue weighted by molar-refractivity contribution is 0.104. The van der Waals surface area contributed by atoms with Crippen LogP contribution in [0.25, 0.3) is 10.9 Å². The molecule has 2 aromatic heterocycles. The van der Waals surface area contributed by atoms with Crippen molar-refractivity contribution in [2.75, 3.05) is 7.05 Å². The highest BCUT2D eigenvalue weighted by atomic mass is 32.1. The molecular formula is C14H11N3OS. The van der Waals surface area contributed by atoms with Gasteiger partial charge in [0, 0.05) is 35.7 Å². The van der Waals surface area contributed by atoms with E-state index >= 15 is 0 Å². The largest absolute Gasteiger partial charge is 0.360 e. The molecule has 1 aromatic carbocycles. The van der Waals surface area contributed by atoms with Crippen molar-refractivity contribution in [3.8, 4) is 0 Å². The molecule has 0 saturated heterocycles. The molecule has 0 unspecified atom stereocenters. The van der Waals surface area contributed by atoms with Crippen LogP contribution < -0.4 is 0 Å². The lowest BCUT2D eigenvalue weighted by Crippen LogP contribution is -2.00. The molecule has 19 heavy (non-hydrogen) atoms. The Bertz CT molecular complexity index is 770. The van der Waals surface area contributed by atoms with Gasteiger partial charge in [0.05, 0.1) is 11.3 Å². The Kier molecular flexibility index (Phi) is 2.97. The summed E-state index contributed by atoms with van der Waals surface area (Å²) in [6, 6.07) is 7.74. The number of aromatic amines is 1. The summed E-state index contributed by atoms with van der Waals surface area (Å²) in [5.41, 5.74) is 2.33. The Morgan fingerprint density at radius 3 is 3.11 bits per heavy atom. The average molecular weight is 269 g/mol. The third-order valence-corrected chi connectivity index (χ3v) is 3.67. The van der Waals surface area contributed by atoms with Gasteiger partial charge in [0.2, 0.25) is 5.78 Å². The lowest BCUT2D eigenvalue weighted by atomic mass is 10.1. The molecule has 0 spiro atoms. The van der Waals surface area contributed by atoms with E-state index in [1.807, 2.05) is 29.6 Å². The predicted molar refractivity (Wildman–Crippen MR) is 77.4 cm³/mol. The fourth-order valence-corrected chi connectivity index (χ4v) is 2.68. The summed E-state index contributed by atoms with van der Waals surface area (Å²) in [5, 5.41) is 3.24. The maximum atomic E-state index is 12.4. The molecule has 94 valence electrons. The van der Waals surface area contributed by atoms with Crippen molar-refractivity contribution in [3.05, 3.63) is 52.1 Å². The summed E-state index contributed by atoms with van der Waals surface area (Å²) < 4.78 is 0. The number of carbonyl (C=O) groups excluding carboxylic acids is 1. The van der Waals surface area contributed by atoms with E-state index in [4.69, 9.17) is 0 Å². The first-order chi connectivity index (χ1) is 9.29. The van der Waals surface area contributed by atoms with Crippen molar-refractivity contribution in [3.63, 3.8) is 0 Å². The van der Waals surface area contributed by atoms with E-state index in [1.165, 1.54) is 11.3 Å². The summed E-state index contributed by atoms with van der Waals surface area (Å²) in [4.78, 5) is 23.7. The number of fused-ring (bicyclic) bond motifs is 1. The smallest absolute Gasteiger partial charge is 0.223 e. The van der Waals surface area contributed by atoms with Crippen LogP contribution in [-0.2, 0) is 0 Å². The van der Waals surface area contributed by atoms with Crippen LogP contribution in [0, 0.1) is 0 Å². The minimum absolute atomic E-state index is 0.0572. The van der Waals surface area contributed by atoms with Gasteiger partial charge in [-0.05, 0) is 6.07 Å². The highest BCUT2D eigenvalue weighted by molar-refractivity contribution is 7.12. The Hall–Kier alpha value is -2.27.